The van der Waals surface area contributed by atoms with E-state index in [1.807, 2.05) is 24.3 Å². The van der Waals surface area contributed by atoms with Gasteiger partial charge in [-0.15, -0.1) is 0 Å². The van der Waals surface area contributed by atoms with Crippen molar-refractivity contribution in [2.45, 2.75) is 69.8 Å². The molecule has 0 spiro atoms. The number of benzene rings is 2. The summed E-state index contributed by atoms with van der Waals surface area (Å²) in [6, 6.07) is 14.3. The number of carbonyl (C=O) groups excluding carboxylic acids is 1. The molecule has 1 saturated carbocycles. The summed E-state index contributed by atoms with van der Waals surface area (Å²) in [6.07, 6.45) is -2.15. The van der Waals surface area contributed by atoms with E-state index in [0.717, 1.165) is 67.0 Å². The van der Waals surface area contributed by atoms with Crippen molar-refractivity contribution in [2.75, 3.05) is 25.1 Å². The van der Waals surface area contributed by atoms with Crippen LogP contribution in [0.25, 0.3) is 11.1 Å². The van der Waals surface area contributed by atoms with Crippen LogP contribution in [0, 0.1) is 5.92 Å². The second-order valence-corrected chi connectivity index (χ2v) is 12.1. The van der Waals surface area contributed by atoms with Crippen molar-refractivity contribution >= 4 is 17.9 Å². The van der Waals surface area contributed by atoms with Crippen LogP contribution < -0.4 is 9.64 Å². The molecule has 45 heavy (non-hydrogen) atoms. The number of cyclic esters (lactones) is 1. The lowest BCUT2D eigenvalue weighted by atomic mass is 9.78. The molecule has 3 aromatic rings. The van der Waals surface area contributed by atoms with Crippen molar-refractivity contribution in [1.29, 1.82) is 0 Å². The van der Waals surface area contributed by atoms with Gasteiger partial charge in [0.15, 0.2) is 0 Å². The molecule has 3 heterocycles. The summed E-state index contributed by atoms with van der Waals surface area (Å²) >= 11 is 0. The van der Waals surface area contributed by atoms with Crippen molar-refractivity contribution < 1.29 is 37.3 Å². The van der Waals surface area contributed by atoms with Gasteiger partial charge in [0.25, 0.3) is 0 Å². The van der Waals surface area contributed by atoms with Crippen LogP contribution in [0.4, 0.5) is 23.8 Å². The van der Waals surface area contributed by atoms with Gasteiger partial charge in [0.05, 0.1) is 36.9 Å². The van der Waals surface area contributed by atoms with Gasteiger partial charge in [0.2, 0.25) is 0 Å². The first-order valence-corrected chi connectivity index (χ1v) is 15.3. The molecule has 2 saturated heterocycles. The van der Waals surface area contributed by atoms with Crippen LogP contribution in [0.1, 0.15) is 73.4 Å². The molecule has 0 unspecified atom stereocenters. The zero-order valence-corrected chi connectivity index (χ0v) is 25.2. The molecule has 0 bridgehead atoms. The summed E-state index contributed by atoms with van der Waals surface area (Å²) in [5.41, 5.74) is 2.78. The SMILES string of the molecule is COc1ccc([C@H]2CC[C@H](C(=O)O)CC2)cc1-c1ccc(N2CCC2)nc1CN1C(=O)O[C@H](c2cccc(C(F)(F)F)c2)[C@@H]1C. The molecule has 6 rings (SSSR count). The molecule has 0 radical (unpaired) electrons. The van der Waals surface area contributed by atoms with Crippen LogP contribution in [0.3, 0.4) is 0 Å². The highest BCUT2D eigenvalue weighted by molar-refractivity contribution is 5.76. The number of hydrogen-bond acceptors (Lipinski definition) is 6. The van der Waals surface area contributed by atoms with Crippen molar-refractivity contribution in [1.82, 2.24) is 9.88 Å². The maximum Gasteiger partial charge on any atom is 0.416 e. The number of pyridine rings is 1. The molecule has 2 aromatic carbocycles. The molecule has 1 amide bonds. The van der Waals surface area contributed by atoms with Gasteiger partial charge in [-0.2, -0.15) is 13.2 Å². The fourth-order valence-electron chi connectivity index (χ4n) is 6.65. The van der Waals surface area contributed by atoms with Crippen LogP contribution in [0.5, 0.6) is 5.75 Å². The minimum absolute atomic E-state index is 0.0869. The Hall–Kier alpha value is -4.28. The number of carbonyl (C=O) groups is 2. The zero-order valence-electron chi connectivity index (χ0n) is 25.2. The number of ether oxygens (including phenoxy) is 2. The molecule has 3 aliphatic rings. The number of aliphatic carboxylic acids is 1. The molecule has 2 atom stereocenters. The van der Waals surface area contributed by atoms with E-state index in [2.05, 4.69) is 11.0 Å². The number of nitrogens with zero attached hydrogens (tertiary/aromatic N) is 3. The highest BCUT2D eigenvalue weighted by Gasteiger charge is 2.41. The summed E-state index contributed by atoms with van der Waals surface area (Å²) in [5.74, 6) is 0.579. The monoisotopic (exact) mass is 623 g/mol. The van der Waals surface area contributed by atoms with Crippen LogP contribution in [-0.4, -0.2) is 53.3 Å². The number of halogens is 3. The maximum absolute atomic E-state index is 13.4. The molecule has 11 heteroatoms. The number of amides is 1. The Labute approximate surface area is 259 Å². The van der Waals surface area contributed by atoms with Crippen molar-refractivity contribution in [3.05, 3.63) is 77.0 Å². The van der Waals surface area contributed by atoms with Gasteiger partial charge in [-0.1, -0.05) is 18.2 Å². The zero-order chi connectivity index (χ0) is 31.9. The van der Waals surface area contributed by atoms with Gasteiger partial charge in [0.1, 0.15) is 17.7 Å². The standard InChI is InChI=1S/C34H36F3N3O5/c1-20-31(24-5-3-6-25(17-24)34(35,36)37)45-33(43)40(20)19-28-26(12-14-30(38-28)39-15-4-16-39)27-18-23(11-13-29(27)44-2)21-7-9-22(10-8-21)32(41)42/h3,5-6,11-14,17-18,20-22,31H,4,7-10,15-16,19H2,1-2H3,(H,41,42)/t20-,21-,22-,31-/m0/s1. The number of hydrogen-bond donors (Lipinski definition) is 1. The van der Waals surface area contributed by atoms with E-state index in [-0.39, 0.29) is 23.9 Å². The van der Waals surface area contributed by atoms with Crippen molar-refractivity contribution in [3.8, 4) is 16.9 Å². The van der Waals surface area contributed by atoms with Crippen LogP contribution in [0.2, 0.25) is 0 Å². The first kappa shape index (κ1) is 30.7. The summed E-state index contributed by atoms with van der Waals surface area (Å²) in [5, 5.41) is 9.44. The van der Waals surface area contributed by atoms with Gasteiger partial charge < -0.3 is 19.5 Å². The predicted octanol–water partition coefficient (Wildman–Crippen LogP) is 7.43. The number of alkyl halides is 3. The molecule has 3 fully saturated rings. The fraction of sp³-hybridized carbons (Fsp3) is 0.441. The van der Waals surface area contributed by atoms with Crippen LogP contribution in [0.15, 0.2) is 54.6 Å². The second-order valence-electron chi connectivity index (χ2n) is 12.1. The van der Waals surface area contributed by atoms with Gasteiger partial charge in [0, 0.05) is 24.2 Å². The van der Waals surface area contributed by atoms with Gasteiger partial charge in [-0.3, -0.25) is 9.69 Å². The minimum Gasteiger partial charge on any atom is -0.496 e. The quantitative estimate of drug-likeness (QED) is 0.279. The summed E-state index contributed by atoms with van der Waals surface area (Å²) in [6.45, 7) is 3.61. The third kappa shape index (κ3) is 6.17. The van der Waals surface area contributed by atoms with E-state index >= 15 is 0 Å². The number of anilines is 1. The first-order chi connectivity index (χ1) is 21.5. The largest absolute Gasteiger partial charge is 0.496 e. The number of carboxylic acids is 1. The number of carboxylic acid groups (broad SMARTS) is 1. The third-order valence-electron chi connectivity index (χ3n) is 9.46. The topological polar surface area (TPSA) is 92.2 Å². The predicted molar refractivity (Wildman–Crippen MR) is 161 cm³/mol. The smallest absolute Gasteiger partial charge is 0.416 e. The van der Waals surface area contributed by atoms with E-state index < -0.39 is 35.9 Å². The lowest BCUT2D eigenvalue weighted by Crippen LogP contribution is -2.38. The average molecular weight is 624 g/mol. The molecule has 1 aliphatic carbocycles. The van der Waals surface area contributed by atoms with Gasteiger partial charge >= 0.3 is 18.2 Å². The number of methoxy groups -OCH3 is 1. The fourth-order valence-corrected chi connectivity index (χ4v) is 6.65. The molecule has 238 valence electrons. The second kappa shape index (κ2) is 12.3. The van der Waals surface area contributed by atoms with Gasteiger partial charge in [-0.25, -0.2) is 9.78 Å². The lowest BCUT2D eigenvalue weighted by molar-refractivity contribution is -0.143. The highest BCUT2D eigenvalue weighted by Crippen LogP contribution is 2.42. The molecular weight excluding hydrogens is 587 g/mol. The lowest BCUT2D eigenvalue weighted by Gasteiger charge is -2.33. The molecule has 1 aromatic heterocycles. The van der Waals surface area contributed by atoms with E-state index in [4.69, 9.17) is 14.5 Å². The summed E-state index contributed by atoms with van der Waals surface area (Å²) in [4.78, 5) is 33.4. The first-order valence-electron chi connectivity index (χ1n) is 15.3. The molecular formula is C34H36F3N3O5. The van der Waals surface area contributed by atoms with Crippen LogP contribution in [-0.2, 0) is 22.3 Å². The average Bonchev–Trinajstić information content (AvgIpc) is 3.28. The van der Waals surface area contributed by atoms with Crippen molar-refractivity contribution in [2.24, 2.45) is 5.92 Å². The van der Waals surface area contributed by atoms with Crippen LogP contribution >= 0.6 is 0 Å². The normalized spacial score (nSPS) is 23.4. The Morgan fingerprint density at radius 1 is 1.02 bits per heavy atom. The Morgan fingerprint density at radius 3 is 2.42 bits per heavy atom. The van der Waals surface area contributed by atoms with E-state index in [0.29, 0.717) is 24.3 Å². The number of rotatable bonds is 8. The Balaban J connectivity index is 1.33. The van der Waals surface area contributed by atoms with Crippen molar-refractivity contribution in [3.63, 3.8) is 0 Å². The third-order valence-corrected chi connectivity index (χ3v) is 9.46. The maximum atomic E-state index is 13.4. The summed E-state index contributed by atoms with van der Waals surface area (Å²) in [7, 11) is 1.59. The molecule has 2 aliphatic heterocycles. The molecule has 1 N–H and O–H groups in total. The molecule has 8 nitrogen and oxygen atoms in total. The Bertz CT molecular complexity index is 1580. The van der Waals surface area contributed by atoms with Gasteiger partial charge in [-0.05, 0) is 92.5 Å². The summed E-state index contributed by atoms with van der Waals surface area (Å²) < 4.78 is 51.7. The van der Waals surface area contributed by atoms with E-state index in [1.54, 1.807) is 20.1 Å². The Morgan fingerprint density at radius 2 is 1.78 bits per heavy atom. The number of aromatic nitrogens is 1. The van der Waals surface area contributed by atoms with E-state index in [9.17, 15) is 27.9 Å². The highest BCUT2D eigenvalue weighted by atomic mass is 19.4. The van der Waals surface area contributed by atoms with E-state index in [1.165, 1.54) is 11.0 Å². The Kier molecular flexibility index (Phi) is 8.37. The minimum atomic E-state index is -4.51.